The summed E-state index contributed by atoms with van der Waals surface area (Å²) in [6, 6.07) is 25.6. The molecule has 5 nitrogen and oxygen atoms in total. The van der Waals surface area contributed by atoms with E-state index in [2.05, 4.69) is 13.0 Å². The van der Waals surface area contributed by atoms with E-state index in [0.29, 0.717) is 39.8 Å². The Morgan fingerprint density at radius 3 is 2.33 bits per heavy atom. The molecule has 0 radical (unpaired) electrons. The number of amides is 1. The molecule has 42 heavy (non-hydrogen) atoms. The molecule has 0 bridgehead atoms. The molecule has 1 saturated heterocycles. The number of carbonyl (C=O) groups excluding carboxylic acids is 1. The summed E-state index contributed by atoms with van der Waals surface area (Å²) in [6.07, 6.45) is 1.84. The molecule has 4 aromatic carbocycles. The zero-order valence-electron chi connectivity index (χ0n) is 24.4. The maximum Gasteiger partial charge on any atom is 0.271 e. The van der Waals surface area contributed by atoms with Crippen molar-refractivity contribution < 1.29 is 14.3 Å². The normalized spacial score (nSPS) is 15.1. The highest BCUT2D eigenvalue weighted by Crippen LogP contribution is 2.42. The van der Waals surface area contributed by atoms with Gasteiger partial charge in [-0.2, -0.15) is 0 Å². The number of halogens is 1. The van der Waals surface area contributed by atoms with Crippen LogP contribution in [0.5, 0.6) is 11.5 Å². The molecule has 0 N–H and O–H groups in total. The van der Waals surface area contributed by atoms with Crippen LogP contribution in [0, 0.1) is 27.7 Å². The quantitative estimate of drug-likeness (QED) is 0.190. The van der Waals surface area contributed by atoms with Crippen LogP contribution in [0.2, 0.25) is 5.02 Å². The number of aliphatic imine (C=N–C) groups is 1. The van der Waals surface area contributed by atoms with E-state index in [9.17, 15) is 4.79 Å². The average Bonchev–Trinajstić information content (AvgIpc) is 3.26. The molecule has 0 spiro atoms. The average molecular weight is 597 g/mol. The summed E-state index contributed by atoms with van der Waals surface area (Å²) >= 11 is 8.08. The van der Waals surface area contributed by atoms with Gasteiger partial charge in [0, 0.05) is 0 Å². The number of thioether (sulfide) groups is 1. The van der Waals surface area contributed by atoms with Gasteiger partial charge in [0.05, 0.1) is 27.9 Å². The molecule has 214 valence electrons. The van der Waals surface area contributed by atoms with E-state index in [-0.39, 0.29) is 5.91 Å². The molecular weight excluding hydrogens is 564 g/mol. The van der Waals surface area contributed by atoms with Crippen molar-refractivity contribution in [3.05, 3.63) is 122 Å². The lowest BCUT2D eigenvalue weighted by Crippen LogP contribution is -2.29. The van der Waals surface area contributed by atoms with Gasteiger partial charge in [-0.1, -0.05) is 66.2 Å². The topological polar surface area (TPSA) is 51.1 Å². The maximum atomic E-state index is 14.0. The fourth-order valence-corrected chi connectivity index (χ4v) is 5.91. The van der Waals surface area contributed by atoms with Crippen LogP contribution in [0.25, 0.3) is 6.08 Å². The van der Waals surface area contributed by atoms with E-state index in [1.165, 1.54) is 11.8 Å². The molecule has 0 aromatic heterocycles. The van der Waals surface area contributed by atoms with Crippen molar-refractivity contribution in [1.82, 2.24) is 0 Å². The highest BCUT2D eigenvalue weighted by Gasteiger charge is 2.36. The Kier molecular flexibility index (Phi) is 9.05. The Labute approximate surface area is 256 Å². The van der Waals surface area contributed by atoms with Gasteiger partial charge in [0.2, 0.25) is 0 Å². The molecule has 1 aliphatic heterocycles. The molecule has 1 amide bonds. The summed E-state index contributed by atoms with van der Waals surface area (Å²) < 4.78 is 12.0. The van der Waals surface area contributed by atoms with E-state index in [1.54, 1.807) is 11.0 Å². The molecule has 0 unspecified atom stereocenters. The van der Waals surface area contributed by atoms with E-state index in [0.717, 1.165) is 44.8 Å². The smallest absolute Gasteiger partial charge is 0.271 e. The second kappa shape index (κ2) is 12.9. The lowest BCUT2D eigenvalue weighted by atomic mass is 10.1. The first-order valence-corrected chi connectivity index (χ1v) is 15.0. The van der Waals surface area contributed by atoms with Gasteiger partial charge in [-0.05, 0) is 110 Å². The number of hydrogen-bond acceptors (Lipinski definition) is 5. The van der Waals surface area contributed by atoms with Crippen LogP contribution in [0.1, 0.15) is 40.3 Å². The van der Waals surface area contributed by atoms with Crippen LogP contribution in [0.4, 0.5) is 11.4 Å². The Morgan fingerprint density at radius 1 is 0.881 bits per heavy atom. The number of carbonyl (C=O) groups is 1. The second-order valence-electron chi connectivity index (χ2n) is 10.1. The van der Waals surface area contributed by atoms with Crippen LogP contribution in [0.3, 0.4) is 0 Å². The van der Waals surface area contributed by atoms with Crippen LogP contribution in [0.15, 0.2) is 88.8 Å². The second-order valence-corrected chi connectivity index (χ2v) is 11.5. The zero-order chi connectivity index (χ0) is 29.8. The predicted molar refractivity (Wildman–Crippen MR) is 175 cm³/mol. The summed E-state index contributed by atoms with van der Waals surface area (Å²) in [5, 5.41) is 1.02. The Bertz CT molecular complexity index is 1700. The largest absolute Gasteiger partial charge is 0.490 e. The van der Waals surface area contributed by atoms with Gasteiger partial charge >= 0.3 is 0 Å². The summed E-state index contributed by atoms with van der Waals surface area (Å²) in [5.41, 5.74) is 7.78. The van der Waals surface area contributed by atoms with Crippen molar-refractivity contribution in [3.63, 3.8) is 0 Å². The molecule has 1 heterocycles. The fraction of sp³-hybridized carbons (Fsp3) is 0.200. The third-order valence-electron chi connectivity index (χ3n) is 7.27. The first kappa shape index (κ1) is 29.5. The van der Waals surface area contributed by atoms with Crippen LogP contribution in [-0.2, 0) is 11.4 Å². The van der Waals surface area contributed by atoms with Gasteiger partial charge in [0.15, 0.2) is 16.7 Å². The van der Waals surface area contributed by atoms with E-state index < -0.39 is 0 Å². The van der Waals surface area contributed by atoms with Crippen LogP contribution >= 0.6 is 23.4 Å². The summed E-state index contributed by atoms with van der Waals surface area (Å²) in [4.78, 5) is 21.3. The van der Waals surface area contributed by atoms with Crippen molar-refractivity contribution in [2.45, 2.75) is 41.2 Å². The Morgan fingerprint density at radius 2 is 1.60 bits per heavy atom. The number of hydrogen-bond donors (Lipinski definition) is 0. The first-order valence-electron chi connectivity index (χ1n) is 13.8. The first-order chi connectivity index (χ1) is 20.3. The number of rotatable bonds is 8. The Hall–Kier alpha value is -4.00. The van der Waals surface area contributed by atoms with Crippen molar-refractivity contribution >= 4 is 51.9 Å². The molecular formula is C35H33ClN2O3S. The molecule has 7 heteroatoms. The van der Waals surface area contributed by atoms with Crippen molar-refractivity contribution in [2.75, 3.05) is 11.5 Å². The van der Waals surface area contributed by atoms with Gasteiger partial charge in [0.25, 0.3) is 5.91 Å². The van der Waals surface area contributed by atoms with Gasteiger partial charge in [-0.25, -0.2) is 4.99 Å². The van der Waals surface area contributed by atoms with Gasteiger partial charge in [-0.15, -0.1) is 0 Å². The van der Waals surface area contributed by atoms with Crippen molar-refractivity contribution in [3.8, 4) is 11.5 Å². The van der Waals surface area contributed by atoms with E-state index in [1.807, 2.05) is 101 Å². The molecule has 0 aliphatic carbocycles. The third kappa shape index (κ3) is 6.25. The number of amidine groups is 1. The SMILES string of the molecule is CCOc1cc(C=C2SC(=Nc3cccc(C)c3C)N(c3cccc(C)c3C)C2=O)cc(Cl)c1OCc1ccccc1. The van der Waals surface area contributed by atoms with E-state index in [4.69, 9.17) is 26.1 Å². The molecule has 4 aromatic rings. The highest BCUT2D eigenvalue weighted by atomic mass is 35.5. The number of aryl methyl sites for hydroxylation is 2. The van der Waals surface area contributed by atoms with Gasteiger partial charge < -0.3 is 9.47 Å². The summed E-state index contributed by atoms with van der Waals surface area (Å²) in [5.74, 6) is 0.860. The van der Waals surface area contributed by atoms with Crippen molar-refractivity contribution in [2.24, 2.45) is 4.99 Å². The fourth-order valence-electron chi connectivity index (χ4n) is 4.65. The molecule has 0 atom stereocenters. The van der Waals surface area contributed by atoms with Crippen LogP contribution in [-0.4, -0.2) is 17.7 Å². The molecule has 1 fully saturated rings. The molecule has 1 aliphatic rings. The monoisotopic (exact) mass is 596 g/mol. The number of benzene rings is 4. The standard InChI is InChI=1S/C35H33ClN2O3S/c1-6-40-31-19-27(18-28(36)33(31)41-21-26-14-8-7-9-15-26)20-32-34(39)38(30-17-11-13-23(3)25(30)5)35(42-32)37-29-16-10-12-22(2)24(29)4/h7-20H,6,21H2,1-5H3. The van der Waals surface area contributed by atoms with Crippen LogP contribution < -0.4 is 14.4 Å². The predicted octanol–water partition coefficient (Wildman–Crippen LogP) is 9.36. The summed E-state index contributed by atoms with van der Waals surface area (Å²) in [6.45, 7) is 10.9. The Balaban J connectivity index is 1.54. The number of nitrogens with zero attached hydrogens (tertiary/aromatic N) is 2. The van der Waals surface area contributed by atoms with Gasteiger partial charge in [0.1, 0.15) is 6.61 Å². The molecule has 5 rings (SSSR count). The van der Waals surface area contributed by atoms with E-state index >= 15 is 0 Å². The van der Waals surface area contributed by atoms with Gasteiger partial charge in [-0.3, -0.25) is 9.69 Å². The summed E-state index contributed by atoms with van der Waals surface area (Å²) in [7, 11) is 0. The minimum absolute atomic E-state index is 0.142. The zero-order valence-corrected chi connectivity index (χ0v) is 26.0. The number of anilines is 1. The molecule has 0 saturated carbocycles. The van der Waals surface area contributed by atoms with Crippen molar-refractivity contribution in [1.29, 1.82) is 0 Å². The third-order valence-corrected chi connectivity index (χ3v) is 8.52. The lowest BCUT2D eigenvalue weighted by Gasteiger charge is -2.19. The lowest BCUT2D eigenvalue weighted by molar-refractivity contribution is -0.113. The minimum atomic E-state index is -0.142. The number of ether oxygens (including phenoxy) is 2. The maximum absolute atomic E-state index is 14.0. The highest BCUT2D eigenvalue weighted by molar-refractivity contribution is 8.19. The minimum Gasteiger partial charge on any atom is -0.490 e.